The first kappa shape index (κ1) is 15.0. The second-order valence-corrected chi connectivity index (χ2v) is 4.59. The van der Waals surface area contributed by atoms with Crippen molar-refractivity contribution < 1.29 is 23.1 Å². The third kappa shape index (κ3) is 3.03. The van der Waals surface area contributed by atoms with E-state index in [1.165, 1.54) is 18.9 Å². The average molecular weight is 303 g/mol. The topological polar surface area (TPSA) is 83.6 Å². The van der Waals surface area contributed by atoms with Gasteiger partial charge in [0.05, 0.1) is 5.92 Å². The summed E-state index contributed by atoms with van der Waals surface area (Å²) < 4.78 is 39.6. The Hall–Kier alpha value is -2.39. The fraction of sp³-hybridized carbons (Fsp3) is 0.455. The van der Waals surface area contributed by atoms with E-state index >= 15 is 0 Å². The Labute approximate surface area is 117 Å². The number of carboxylic acid groups (broad SMARTS) is 1. The number of rotatable bonds is 4. The van der Waals surface area contributed by atoms with Gasteiger partial charge in [-0.25, -0.2) is 4.98 Å². The van der Waals surface area contributed by atoms with E-state index in [0.717, 1.165) is 16.9 Å². The predicted molar refractivity (Wildman–Crippen MR) is 65.9 cm³/mol. The number of nitrogens with zero attached hydrogens (tertiary/aromatic N) is 5. The fourth-order valence-electron chi connectivity index (χ4n) is 1.80. The first-order valence-electron chi connectivity index (χ1n) is 5.92. The number of fused-ring (bicyclic) bond motifs is 1. The fourth-order valence-corrected chi connectivity index (χ4v) is 1.80. The van der Waals surface area contributed by atoms with Gasteiger partial charge in [0.2, 0.25) is 0 Å². The van der Waals surface area contributed by atoms with Gasteiger partial charge in [-0.3, -0.25) is 4.79 Å². The molecule has 1 N–H and O–H groups in total. The maximum absolute atomic E-state index is 12.8. The largest absolute Gasteiger partial charge is 0.481 e. The Morgan fingerprint density at radius 3 is 2.76 bits per heavy atom. The van der Waals surface area contributed by atoms with E-state index < -0.39 is 23.8 Å². The van der Waals surface area contributed by atoms with Gasteiger partial charge in [-0.1, -0.05) is 6.92 Å². The molecule has 0 aliphatic carbocycles. The number of alkyl halides is 3. The third-order valence-corrected chi connectivity index (χ3v) is 2.88. The molecule has 114 valence electrons. The molecule has 1 unspecified atom stereocenters. The molecule has 1 atom stereocenters. The molecule has 2 aromatic heterocycles. The summed E-state index contributed by atoms with van der Waals surface area (Å²) in [6.07, 6.45) is -3.54. The van der Waals surface area contributed by atoms with Crippen molar-refractivity contribution >= 4 is 17.6 Å². The average Bonchev–Trinajstić information content (AvgIpc) is 2.84. The number of hydrogen-bond acceptors (Lipinski definition) is 5. The highest BCUT2D eigenvalue weighted by molar-refractivity contribution is 5.70. The van der Waals surface area contributed by atoms with E-state index in [1.54, 1.807) is 0 Å². The lowest BCUT2D eigenvalue weighted by Gasteiger charge is -2.22. The summed E-state index contributed by atoms with van der Waals surface area (Å²) in [5, 5.41) is 12.7. The molecule has 0 aliphatic rings. The van der Waals surface area contributed by atoms with Crippen molar-refractivity contribution in [2.45, 2.75) is 13.1 Å². The maximum atomic E-state index is 12.8. The summed E-state index contributed by atoms with van der Waals surface area (Å²) in [6.45, 7) is 1.48. The molecular weight excluding hydrogens is 291 g/mol. The number of hydrogen-bond donors (Lipinski definition) is 1. The highest BCUT2D eigenvalue weighted by Crippen LogP contribution is 2.30. The highest BCUT2D eigenvalue weighted by Gasteiger charge is 2.34. The molecule has 0 saturated carbocycles. The van der Waals surface area contributed by atoms with E-state index in [0.29, 0.717) is 0 Å². The van der Waals surface area contributed by atoms with Crippen molar-refractivity contribution in [1.29, 1.82) is 0 Å². The van der Waals surface area contributed by atoms with Crippen LogP contribution in [0.2, 0.25) is 0 Å². The van der Waals surface area contributed by atoms with Crippen molar-refractivity contribution in [2.24, 2.45) is 5.92 Å². The van der Waals surface area contributed by atoms with E-state index in [9.17, 15) is 18.0 Å². The van der Waals surface area contributed by atoms with Crippen LogP contribution < -0.4 is 4.90 Å². The molecule has 0 saturated heterocycles. The van der Waals surface area contributed by atoms with Gasteiger partial charge in [0.15, 0.2) is 5.69 Å². The molecule has 10 heteroatoms. The van der Waals surface area contributed by atoms with Crippen molar-refractivity contribution in [3.05, 3.63) is 18.1 Å². The van der Waals surface area contributed by atoms with Crippen molar-refractivity contribution in [3.63, 3.8) is 0 Å². The summed E-state index contributed by atoms with van der Waals surface area (Å²) >= 11 is 0. The van der Waals surface area contributed by atoms with E-state index in [2.05, 4.69) is 15.1 Å². The van der Waals surface area contributed by atoms with Gasteiger partial charge in [-0.15, -0.1) is 0 Å². The molecule has 0 amide bonds. The van der Waals surface area contributed by atoms with Crippen LogP contribution in [0.4, 0.5) is 19.0 Å². The van der Waals surface area contributed by atoms with Crippen LogP contribution in [0.1, 0.15) is 12.6 Å². The summed E-state index contributed by atoms with van der Waals surface area (Å²) in [5.74, 6) is -1.93. The van der Waals surface area contributed by atoms with Crippen LogP contribution in [0.25, 0.3) is 5.78 Å². The molecule has 0 radical (unpaired) electrons. The molecule has 0 bridgehead atoms. The minimum atomic E-state index is -4.62. The lowest BCUT2D eigenvalue weighted by Crippen LogP contribution is -2.30. The summed E-state index contributed by atoms with van der Waals surface area (Å²) in [6, 6.07) is 0.816. The summed E-state index contributed by atoms with van der Waals surface area (Å²) in [7, 11) is 1.48. The molecule has 0 fully saturated rings. The molecule has 2 aromatic rings. The van der Waals surface area contributed by atoms with Crippen LogP contribution in [0.15, 0.2) is 12.4 Å². The van der Waals surface area contributed by atoms with Gasteiger partial charge in [0, 0.05) is 19.7 Å². The van der Waals surface area contributed by atoms with Crippen LogP contribution in [0, 0.1) is 5.92 Å². The Morgan fingerprint density at radius 2 is 2.19 bits per heavy atom. The van der Waals surface area contributed by atoms with Crippen LogP contribution >= 0.6 is 0 Å². The number of carbonyl (C=O) groups is 1. The Bertz CT molecular complexity index is 669. The molecule has 7 nitrogen and oxygen atoms in total. The molecule has 2 rings (SSSR count). The minimum Gasteiger partial charge on any atom is -0.481 e. The summed E-state index contributed by atoms with van der Waals surface area (Å²) in [5.41, 5.74) is -1.10. The van der Waals surface area contributed by atoms with Crippen molar-refractivity contribution in [2.75, 3.05) is 18.5 Å². The number of carboxylic acids is 1. The highest BCUT2D eigenvalue weighted by atomic mass is 19.4. The number of aliphatic carboxylic acids is 1. The van der Waals surface area contributed by atoms with Crippen LogP contribution in [0.3, 0.4) is 0 Å². The normalized spacial score (nSPS) is 13.4. The van der Waals surface area contributed by atoms with Crippen LogP contribution in [-0.4, -0.2) is 44.3 Å². The van der Waals surface area contributed by atoms with Gasteiger partial charge in [-0.2, -0.15) is 27.8 Å². The molecule has 0 spiro atoms. The molecule has 21 heavy (non-hydrogen) atoms. The van der Waals surface area contributed by atoms with Crippen LogP contribution in [0.5, 0.6) is 0 Å². The predicted octanol–water partition coefficient (Wildman–Crippen LogP) is 1.30. The number of halogens is 3. The van der Waals surface area contributed by atoms with Gasteiger partial charge >= 0.3 is 12.1 Å². The molecule has 0 aliphatic heterocycles. The van der Waals surface area contributed by atoms with Gasteiger partial charge in [0.25, 0.3) is 5.78 Å². The standard InChI is InChI=1S/C11H12F3N5O2/c1-6(9(20)21)4-18(2)8-3-7(11(12,13)14)17-10-15-5-16-19(8)10/h3,5-6H,4H2,1-2H3,(H,20,21). The number of anilines is 1. The van der Waals surface area contributed by atoms with Crippen molar-refractivity contribution in [1.82, 2.24) is 19.6 Å². The van der Waals surface area contributed by atoms with E-state index in [-0.39, 0.29) is 18.1 Å². The monoisotopic (exact) mass is 303 g/mol. The lowest BCUT2D eigenvalue weighted by molar-refractivity contribution is -0.142. The summed E-state index contributed by atoms with van der Waals surface area (Å²) in [4.78, 5) is 19.3. The second kappa shape index (κ2) is 5.19. The number of aromatic nitrogens is 4. The zero-order valence-corrected chi connectivity index (χ0v) is 11.2. The van der Waals surface area contributed by atoms with E-state index in [4.69, 9.17) is 5.11 Å². The maximum Gasteiger partial charge on any atom is 0.433 e. The lowest BCUT2D eigenvalue weighted by atomic mass is 10.2. The second-order valence-electron chi connectivity index (χ2n) is 4.59. The van der Waals surface area contributed by atoms with Crippen molar-refractivity contribution in [3.8, 4) is 0 Å². The molecular formula is C11H12F3N5O2. The first-order chi connectivity index (χ1) is 9.70. The van der Waals surface area contributed by atoms with Gasteiger partial charge in [-0.05, 0) is 0 Å². The van der Waals surface area contributed by atoms with Gasteiger partial charge in [0.1, 0.15) is 12.1 Å². The van der Waals surface area contributed by atoms with Gasteiger partial charge < -0.3 is 10.0 Å². The first-order valence-corrected chi connectivity index (χ1v) is 5.92. The molecule has 2 heterocycles. The minimum absolute atomic E-state index is 0.0194. The Balaban J connectivity index is 2.46. The zero-order chi connectivity index (χ0) is 15.8. The van der Waals surface area contributed by atoms with E-state index in [1.807, 2.05) is 0 Å². The zero-order valence-electron chi connectivity index (χ0n) is 11.2. The molecule has 0 aromatic carbocycles. The van der Waals surface area contributed by atoms with Crippen LogP contribution in [-0.2, 0) is 11.0 Å². The Kier molecular flexibility index (Phi) is 3.71. The SMILES string of the molecule is CC(CN(C)c1cc(C(F)(F)F)nc2ncnn12)C(=O)O. The third-order valence-electron chi connectivity index (χ3n) is 2.88. The Morgan fingerprint density at radius 1 is 1.52 bits per heavy atom. The quantitative estimate of drug-likeness (QED) is 0.916. The smallest absolute Gasteiger partial charge is 0.433 e.